The lowest BCUT2D eigenvalue weighted by molar-refractivity contribution is -0.459. The Morgan fingerprint density at radius 1 is 1.41 bits per heavy atom. The number of allylic oxidation sites excluding steroid dienone is 3. The molecule has 0 aliphatic heterocycles. The summed E-state index contributed by atoms with van der Waals surface area (Å²) in [6, 6.07) is -0.508. The molecule has 0 saturated carbocycles. The molecule has 0 spiro atoms. The van der Waals surface area contributed by atoms with Crippen molar-refractivity contribution in [3.63, 3.8) is 0 Å². The van der Waals surface area contributed by atoms with Gasteiger partial charge in [-0.2, -0.15) is 4.58 Å². The third kappa shape index (κ3) is 4.31. The highest BCUT2D eigenvalue weighted by atomic mass is 16.2. The fourth-order valence-electron chi connectivity index (χ4n) is 1.32. The highest BCUT2D eigenvalue weighted by molar-refractivity contribution is 5.93. The predicted octanol–water partition coefficient (Wildman–Crippen LogP) is 2.28. The fraction of sp³-hybridized carbons (Fsp3) is 0.357. The van der Waals surface area contributed by atoms with E-state index in [0.29, 0.717) is 12.0 Å². The maximum absolute atomic E-state index is 12.0. The van der Waals surface area contributed by atoms with Gasteiger partial charge in [0, 0.05) is 13.3 Å². The minimum Gasteiger partial charge on any atom is -0.292 e. The number of amides is 1. The molecule has 0 aliphatic carbocycles. The standard InChI is InChI=1S/C14H20NO2/c1-6-9-12(10-7-2)14(17)15(5)11(4)13(16)8-3/h6-7,9-11H,1,5,8H2,2-4H3/q+1. The van der Waals surface area contributed by atoms with Gasteiger partial charge >= 0.3 is 5.91 Å². The summed E-state index contributed by atoms with van der Waals surface area (Å²) in [4.78, 5) is 23.5. The Kier molecular flexibility index (Phi) is 6.71. The second-order valence-corrected chi connectivity index (χ2v) is 3.63. The van der Waals surface area contributed by atoms with E-state index in [4.69, 9.17) is 0 Å². The van der Waals surface area contributed by atoms with Gasteiger partial charge in [0.05, 0.1) is 5.57 Å². The van der Waals surface area contributed by atoms with Crippen molar-refractivity contribution in [2.45, 2.75) is 33.2 Å². The number of hydrogen-bond acceptors (Lipinski definition) is 2. The van der Waals surface area contributed by atoms with Crippen LogP contribution < -0.4 is 0 Å². The normalized spacial score (nSPS) is 13.5. The lowest BCUT2D eigenvalue weighted by Gasteiger charge is -2.06. The molecule has 17 heavy (non-hydrogen) atoms. The Balaban J connectivity index is 5.03. The van der Waals surface area contributed by atoms with Crippen LogP contribution in [0, 0.1) is 0 Å². The summed E-state index contributed by atoms with van der Waals surface area (Å²) in [6.45, 7) is 12.5. The van der Waals surface area contributed by atoms with E-state index in [2.05, 4.69) is 13.3 Å². The summed E-state index contributed by atoms with van der Waals surface area (Å²) in [7, 11) is 0. The van der Waals surface area contributed by atoms with Crippen molar-refractivity contribution < 1.29 is 14.2 Å². The number of nitrogens with zero attached hydrogens (tertiary/aromatic N) is 1. The molecule has 0 radical (unpaired) electrons. The molecule has 1 atom stereocenters. The smallest absolute Gasteiger partial charge is 0.292 e. The molecule has 0 aromatic rings. The molecule has 0 saturated heterocycles. The van der Waals surface area contributed by atoms with Gasteiger partial charge in [-0.1, -0.05) is 25.7 Å². The number of hydrogen-bond donors (Lipinski definition) is 0. The molecule has 3 nitrogen and oxygen atoms in total. The Bertz CT molecular complexity index is 389. The van der Waals surface area contributed by atoms with Gasteiger partial charge in [0.1, 0.15) is 6.72 Å². The van der Waals surface area contributed by atoms with Crippen LogP contribution in [-0.2, 0) is 9.59 Å². The number of Topliss-reactive ketones (excluding diaryl/α,β-unsaturated/α-hetero) is 1. The first-order chi connectivity index (χ1) is 7.99. The third-order valence-corrected chi connectivity index (χ3v) is 2.43. The van der Waals surface area contributed by atoms with Gasteiger partial charge < -0.3 is 0 Å². The molecule has 92 valence electrons. The van der Waals surface area contributed by atoms with Crippen LogP contribution in [0.4, 0.5) is 0 Å². The lowest BCUT2D eigenvalue weighted by atomic mass is 10.1. The molecular weight excluding hydrogens is 214 g/mol. The summed E-state index contributed by atoms with van der Waals surface area (Å²) >= 11 is 0. The van der Waals surface area contributed by atoms with E-state index in [0.717, 1.165) is 0 Å². The largest absolute Gasteiger partial charge is 0.419 e. The fourth-order valence-corrected chi connectivity index (χ4v) is 1.32. The van der Waals surface area contributed by atoms with E-state index in [-0.39, 0.29) is 11.7 Å². The van der Waals surface area contributed by atoms with E-state index < -0.39 is 6.04 Å². The molecule has 0 bridgehead atoms. The van der Waals surface area contributed by atoms with Crippen LogP contribution in [-0.4, -0.2) is 29.0 Å². The van der Waals surface area contributed by atoms with Gasteiger partial charge in [0.25, 0.3) is 0 Å². The van der Waals surface area contributed by atoms with E-state index in [9.17, 15) is 9.59 Å². The lowest BCUT2D eigenvalue weighted by Crippen LogP contribution is -2.35. The summed E-state index contributed by atoms with van der Waals surface area (Å²) in [5.74, 6) is -0.288. The zero-order chi connectivity index (χ0) is 13.4. The molecule has 0 aromatic heterocycles. The van der Waals surface area contributed by atoms with Crippen molar-refractivity contribution in [2.24, 2.45) is 0 Å². The molecule has 3 heteroatoms. The van der Waals surface area contributed by atoms with Gasteiger partial charge in [-0.05, 0) is 19.1 Å². The van der Waals surface area contributed by atoms with Gasteiger partial charge in [0.15, 0.2) is 5.78 Å². The predicted molar refractivity (Wildman–Crippen MR) is 70.2 cm³/mol. The Morgan fingerprint density at radius 2 is 2.00 bits per heavy atom. The van der Waals surface area contributed by atoms with E-state index in [1.54, 1.807) is 32.1 Å². The molecule has 1 unspecified atom stereocenters. The molecule has 0 fully saturated rings. The van der Waals surface area contributed by atoms with Crippen LogP contribution in [0.3, 0.4) is 0 Å². The van der Waals surface area contributed by atoms with E-state index in [1.807, 2.05) is 6.92 Å². The highest BCUT2D eigenvalue weighted by Crippen LogP contribution is 2.05. The molecular formula is C14H20NO2+. The third-order valence-electron chi connectivity index (χ3n) is 2.43. The average molecular weight is 234 g/mol. The quantitative estimate of drug-likeness (QED) is 0.306. The average Bonchev–Trinajstić information content (AvgIpc) is 2.34. The monoisotopic (exact) mass is 234 g/mol. The van der Waals surface area contributed by atoms with Crippen molar-refractivity contribution in [2.75, 3.05) is 0 Å². The first kappa shape index (κ1) is 15.2. The highest BCUT2D eigenvalue weighted by Gasteiger charge is 2.28. The molecule has 0 N–H and O–H groups in total. The molecule has 0 aromatic carbocycles. The Morgan fingerprint density at radius 3 is 2.41 bits per heavy atom. The van der Waals surface area contributed by atoms with Crippen LogP contribution in [0.1, 0.15) is 27.2 Å². The second-order valence-electron chi connectivity index (χ2n) is 3.63. The molecule has 0 rings (SSSR count). The van der Waals surface area contributed by atoms with Crippen molar-refractivity contribution in [1.29, 1.82) is 0 Å². The van der Waals surface area contributed by atoms with Gasteiger partial charge in [-0.15, -0.1) is 0 Å². The van der Waals surface area contributed by atoms with E-state index >= 15 is 0 Å². The molecule has 0 aliphatic rings. The van der Waals surface area contributed by atoms with Crippen LogP contribution in [0.2, 0.25) is 0 Å². The van der Waals surface area contributed by atoms with Gasteiger partial charge in [0.2, 0.25) is 6.04 Å². The molecule has 1 amide bonds. The Labute approximate surface area is 103 Å². The number of carbonyl (C=O) groups is 2. The van der Waals surface area contributed by atoms with Gasteiger partial charge in [-0.3, -0.25) is 4.79 Å². The summed E-state index contributed by atoms with van der Waals surface area (Å²) in [5.41, 5.74) is 0.466. The number of carbonyl (C=O) groups excluding carboxylic acids is 2. The Hall–Kier alpha value is -1.77. The summed E-state index contributed by atoms with van der Waals surface area (Å²) in [6.07, 6.45) is 6.96. The number of rotatable bonds is 6. The summed E-state index contributed by atoms with van der Waals surface area (Å²) in [5, 5.41) is 0. The van der Waals surface area contributed by atoms with Crippen molar-refractivity contribution in [3.8, 4) is 0 Å². The summed E-state index contributed by atoms with van der Waals surface area (Å²) < 4.78 is 1.21. The van der Waals surface area contributed by atoms with Crippen LogP contribution in [0.5, 0.6) is 0 Å². The second kappa shape index (κ2) is 7.49. The maximum atomic E-state index is 12.0. The number of ketones is 1. The first-order valence-corrected chi connectivity index (χ1v) is 5.61. The van der Waals surface area contributed by atoms with Crippen molar-refractivity contribution in [1.82, 2.24) is 0 Å². The zero-order valence-corrected chi connectivity index (χ0v) is 10.8. The minimum absolute atomic E-state index is 0.00761. The van der Waals surface area contributed by atoms with Crippen molar-refractivity contribution in [3.05, 3.63) is 36.5 Å². The minimum atomic E-state index is -0.508. The van der Waals surface area contributed by atoms with Crippen LogP contribution >= 0.6 is 0 Å². The van der Waals surface area contributed by atoms with Crippen LogP contribution in [0.15, 0.2) is 36.5 Å². The topological polar surface area (TPSA) is 37.1 Å². The van der Waals surface area contributed by atoms with Crippen LogP contribution in [0.25, 0.3) is 0 Å². The van der Waals surface area contributed by atoms with Gasteiger partial charge in [-0.25, -0.2) is 4.79 Å². The maximum Gasteiger partial charge on any atom is 0.419 e. The first-order valence-electron chi connectivity index (χ1n) is 5.61. The molecule has 0 heterocycles. The SMILES string of the molecule is C=CC=C(C=CC)C(=O)[N+](=C)C(C)C(=O)CC. The van der Waals surface area contributed by atoms with E-state index in [1.165, 1.54) is 10.7 Å². The van der Waals surface area contributed by atoms with Crippen molar-refractivity contribution >= 4 is 18.4 Å². The zero-order valence-electron chi connectivity index (χ0n) is 10.8.